The van der Waals surface area contributed by atoms with E-state index in [1.54, 1.807) is 5.54 Å². The van der Waals surface area contributed by atoms with E-state index in [4.69, 9.17) is 11.6 Å². The molecule has 2 heteroatoms. The van der Waals surface area contributed by atoms with Crippen molar-refractivity contribution >= 4 is 11.6 Å². The van der Waals surface area contributed by atoms with E-state index in [9.17, 15) is 0 Å². The van der Waals surface area contributed by atoms with Crippen molar-refractivity contribution < 1.29 is 0 Å². The summed E-state index contributed by atoms with van der Waals surface area (Å²) in [6, 6.07) is 0. The van der Waals surface area contributed by atoms with Gasteiger partial charge in [0.2, 0.25) is 0 Å². The first-order chi connectivity index (χ1) is 6.43. The second-order valence-electron chi connectivity index (χ2n) is 3.86. The van der Waals surface area contributed by atoms with Gasteiger partial charge in [0, 0.05) is 12.1 Å². The fraction of sp³-hybridized carbons (Fsp3) is 0.818. The standard InChI is InChI=1S/C11H20ClN/c12-8-4-9-13-10-7-11-5-2-1-3-6-11/h4,8,11,13H,1-3,5-7,9-10H2/b8-4+. The van der Waals surface area contributed by atoms with Crippen LogP contribution in [0.1, 0.15) is 38.5 Å². The molecule has 0 unspecified atom stereocenters. The van der Waals surface area contributed by atoms with Crippen LogP contribution in [0.4, 0.5) is 0 Å². The van der Waals surface area contributed by atoms with E-state index in [2.05, 4.69) is 5.32 Å². The molecule has 1 fully saturated rings. The molecule has 0 aromatic heterocycles. The van der Waals surface area contributed by atoms with Gasteiger partial charge in [-0.1, -0.05) is 49.8 Å². The SMILES string of the molecule is Cl/C=C/CNCCC1CCCCC1. The molecule has 0 aromatic rings. The van der Waals surface area contributed by atoms with Crippen LogP contribution in [0.2, 0.25) is 0 Å². The zero-order valence-electron chi connectivity index (χ0n) is 8.27. The minimum atomic E-state index is 0.913. The van der Waals surface area contributed by atoms with Gasteiger partial charge in [-0.05, 0) is 18.9 Å². The van der Waals surface area contributed by atoms with E-state index in [0.29, 0.717) is 0 Å². The maximum atomic E-state index is 5.41. The van der Waals surface area contributed by atoms with E-state index < -0.39 is 0 Å². The van der Waals surface area contributed by atoms with Gasteiger partial charge < -0.3 is 5.32 Å². The highest BCUT2D eigenvalue weighted by Gasteiger charge is 2.11. The van der Waals surface area contributed by atoms with Crippen LogP contribution in [0.5, 0.6) is 0 Å². The van der Waals surface area contributed by atoms with Crippen LogP contribution < -0.4 is 5.32 Å². The van der Waals surface area contributed by atoms with Gasteiger partial charge in [-0.2, -0.15) is 0 Å². The van der Waals surface area contributed by atoms with Crippen LogP contribution in [-0.2, 0) is 0 Å². The van der Waals surface area contributed by atoms with Crippen LogP contribution in [0.15, 0.2) is 11.6 Å². The Hall–Kier alpha value is -0.0100. The van der Waals surface area contributed by atoms with E-state index in [1.807, 2.05) is 6.08 Å². The Kier molecular flexibility index (Phi) is 6.30. The summed E-state index contributed by atoms with van der Waals surface area (Å²) >= 11 is 5.41. The summed E-state index contributed by atoms with van der Waals surface area (Å²) in [5, 5.41) is 3.36. The van der Waals surface area contributed by atoms with Crippen molar-refractivity contribution in [2.75, 3.05) is 13.1 Å². The fourth-order valence-electron chi connectivity index (χ4n) is 2.01. The molecule has 13 heavy (non-hydrogen) atoms. The fourth-order valence-corrected chi connectivity index (χ4v) is 2.10. The summed E-state index contributed by atoms with van der Waals surface area (Å²) in [7, 11) is 0. The molecular weight excluding hydrogens is 182 g/mol. The molecule has 1 nitrogen and oxygen atoms in total. The van der Waals surface area contributed by atoms with Gasteiger partial charge in [0.15, 0.2) is 0 Å². The maximum absolute atomic E-state index is 5.41. The lowest BCUT2D eigenvalue weighted by Crippen LogP contribution is -2.19. The molecule has 1 saturated carbocycles. The van der Waals surface area contributed by atoms with Crippen molar-refractivity contribution in [3.63, 3.8) is 0 Å². The van der Waals surface area contributed by atoms with Gasteiger partial charge in [-0.3, -0.25) is 0 Å². The molecule has 0 radical (unpaired) electrons. The third-order valence-electron chi connectivity index (χ3n) is 2.81. The largest absolute Gasteiger partial charge is 0.313 e. The van der Waals surface area contributed by atoms with E-state index in [0.717, 1.165) is 19.0 Å². The lowest BCUT2D eigenvalue weighted by molar-refractivity contribution is 0.335. The van der Waals surface area contributed by atoms with Crippen molar-refractivity contribution in [2.45, 2.75) is 38.5 Å². The highest BCUT2D eigenvalue weighted by molar-refractivity contribution is 6.25. The summed E-state index contributed by atoms with van der Waals surface area (Å²) in [5.41, 5.74) is 1.58. The zero-order chi connectivity index (χ0) is 9.36. The van der Waals surface area contributed by atoms with Gasteiger partial charge in [0.05, 0.1) is 0 Å². The molecule has 0 aliphatic heterocycles. The van der Waals surface area contributed by atoms with Crippen LogP contribution >= 0.6 is 11.6 Å². The zero-order valence-corrected chi connectivity index (χ0v) is 9.02. The summed E-state index contributed by atoms with van der Waals surface area (Å²) in [6.07, 6.45) is 10.6. The quantitative estimate of drug-likeness (QED) is 0.674. The second-order valence-corrected chi connectivity index (χ2v) is 4.11. The molecule has 0 aromatic carbocycles. The third kappa shape index (κ3) is 5.33. The van der Waals surface area contributed by atoms with Crippen LogP contribution in [0.3, 0.4) is 0 Å². The number of hydrogen-bond acceptors (Lipinski definition) is 1. The summed E-state index contributed by atoms with van der Waals surface area (Å²) in [4.78, 5) is 0. The average Bonchev–Trinajstić information content (AvgIpc) is 2.19. The molecule has 0 heterocycles. The normalized spacial score (nSPS) is 19.8. The van der Waals surface area contributed by atoms with Crippen molar-refractivity contribution in [3.05, 3.63) is 11.6 Å². The second kappa shape index (κ2) is 7.40. The summed E-state index contributed by atoms with van der Waals surface area (Å²) < 4.78 is 0. The average molecular weight is 202 g/mol. The van der Waals surface area contributed by atoms with E-state index in [1.165, 1.54) is 38.5 Å². The molecule has 1 rings (SSSR count). The van der Waals surface area contributed by atoms with Gasteiger partial charge in [-0.25, -0.2) is 0 Å². The van der Waals surface area contributed by atoms with Crippen molar-refractivity contribution in [1.82, 2.24) is 5.32 Å². The number of nitrogens with one attached hydrogen (secondary N) is 1. The van der Waals surface area contributed by atoms with Crippen molar-refractivity contribution in [1.29, 1.82) is 0 Å². The number of halogens is 1. The lowest BCUT2D eigenvalue weighted by atomic mass is 9.87. The topological polar surface area (TPSA) is 12.0 Å². The van der Waals surface area contributed by atoms with Crippen molar-refractivity contribution in [2.24, 2.45) is 5.92 Å². The Morgan fingerprint density at radius 2 is 2.00 bits per heavy atom. The molecule has 1 N–H and O–H groups in total. The Morgan fingerprint density at radius 3 is 2.69 bits per heavy atom. The van der Waals surface area contributed by atoms with E-state index in [-0.39, 0.29) is 0 Å². The minimum Gasteiger partial charge on any atom is -0.313 e. The third-order valence-corrected chi connectivity index (χ3v) is 2.98. The highest BCUT2D eigenvalue weighted by Crippen LogP contribution is 2.25. The number of hydrogen-bond donors (Lipinski definition) is 1. The molecule has 0 bridgehead atoms. The van der Waals surface area contributed by atoms with Crippen LogP contribution in [0, 0.1) is 5.92 Å². The molecule has 1 aliphatic carbocycles. The van der Waals surface area contributed by atoms with Gasteiger partial charge in [0.1, 0.15) is 0 Å². The summed E-state index contributed by atoms with van der Waals surface area (Å²) in [6.45, 7) is 2.06. The minimum absolute atomic E-state index is 0.913. The predicted molar refractivity (Wildman–Crippen MR) is 59.1 cm³/mol. The van der Waals surface area contributed by atoms with Crippen LogP contribution in [0.25, 0.3) is 0 Å². The Balaban J connectivity index is 1.92. The van der Waals surface area contributed by atoms with Gasteiger partial charge in [0.25, 0.3) is 0 Å². The Labute approximate surface area is 86.5 Å². The first-order valence-corrected chi connectivity index (χ1v) is 5.83. The molecule has 0 atom stereocenters. The Morgan fingerprint density at radius 1 is 1.23 bits per heavy atom. The molecule has 0 saturated heterocycles. The van der Waals surface area contributed by atoms with Crippen LogP contribution in [-0.4, -0.2) is 13.1 Å². The monoisotopic (exact) mass is 201 g/mol. The number of rotatable bonds is 5. The first-order valence-electron chi connectivity index (χ1n) is 5.39. The Bertz CT molecular complexity index is 139. The molecule has 0 spiro atoms. The maximum Gasteiger partial charge on any atom is 0.0146 e. The lowest BCUT2D eigenvalue weighted by Gasteiger charge is -2.21. The predicted octanol–water partition coefficient (Wildman–Crippen LogP) is 3.30. The van der Waals surface area contributed by atoms with E-state index >= 15 is 0 Å². The molecule has 1 aliphatic rings. The first kappa shape index (κ1) is 11.1. The van der Waals surface area contributed by atoms with Crippen molar-refractivity contribution in [3.8, 4) is 0 Å². The highest BCUT2D eigenvalue weighted by atomic mass is 35.5. The smallest absolute Gasteiger partial charge is 0.0146 e. The van der Waals surface area contributed by atoms with Gasteiger partial charge in [-0.15, -0.1) is 0 Å². The molecule has 76 valence electrons. The molecule has 0 amide bonds. The van der Waals surface area contributed by atoms with Gasteiger partial charge >= 0.3 is 0 Å². The molecular formula is C11H20ClN. The summed E-state index contributed by atoms with van der Waals surface area (Å²) in [5.74, 6) is 0.987.